The zero-order chi connectivity index (χ0) is 10.7. The fourth-order valence-electron chi connectivity index (χ4n) is 1.08. The van der Waals surface area contributed by atoms with Crippen molar-refractivity contribution in [3.63, 3.8) is 0 Å². The van der Waals surface area contributed by atoms with Crippen molar-refractivity contribution in [1.82, 2.24) is 10.2 Å². The van der Waals surface area contributed by atoms with Crippen molar-refractivity contribution in [2.45, 2.75) is 13.8 Å². The molecule has 1 aromatic rings. The van der Waals surface area contributed by atoms with Crippen LogP contribution in [-0.2, 0) is 0 Å². The van der Waals surface area contributed by atoms with Crippen LogP contribution in [0.25, 0.3) is 0 Å². The second-order valence-electron chi connectivity index (χ2n) is 2.78. The molecule has 0 fully saturated rings. The summed E-state index contributed by atoms with van der Waals surface area (Å²) in [7, 11) is 1.45. The van der Waals surface area contributed by atoms with Gasteiger partial charge in [0.15, 0.2) is 5.84 Å². The topological polar surface area (TPSA) is 93.6 Å². The number of ether oxygens (including phenoxy) is 1. The van der Waals surface area contributed by atoms with Gasteiger partial charge in [0.1, 0.15) is 0 Å². The molecule has 0 radical (unpaired) electrons. The molecule has 6 nitrogen and oxygen atoms in total. The fraction of sp³-hybridized carbons (Fsp3) is 0.375. The molecular formula is C8H12N4O2. The van der Waals surface area contributed by atoms with Crippen molar-refractivity contribution >= 4 is 5.84 Å². The molecule has 0 saturated heterocycles. The molecule has 0 saturated carbocycles. The van der Waals surface area contributed by atoms with E-state index in [2.05, 4.69) is 15.4 Å². The summed E-state index contributed by atoms with van der Waals surface area (Å²) in [4.78, 5) is 0. The average Bonchev–Trinajstić information content (AvgIpc) is 2.20. The molecule has 0 bridgehead atoms. The van der Waals surface area contributed by atoms with Crippen LogP contribution in [0.2, 0.25) is 0 Å². The van der Waals surface area contributed by atoms with Gasteiger partial charge in [0, 0.05) is 0 Å². The molecule has 0 aliphatic carbocycles. The lowest BCUT2D eigenvalue weighted by Crippen LogP contribution is -2.18. The van der Waals surface area contributed by atoms with Gasteiger partial charge in [-0.15, -0.1) is 5.10 Å². The third kappa shape index (κ3) is 1.59. The first-order valence-electron chi connectivity index (χ1n) is 3.97. The van der Waals surface area contributed by atoms with Crippen LogP contribution in [0.4, 0.5) is 0 Å². The van der Waals surface area contributed by atoms with E-state index in [9.17, 15) is 0 Å². The Morgan fingerprint density at radius 3 is 2.57 bits per heavy atom. The van der Waals surface area contributed by atoms with Gasteiger partial charge in [0.2, 0.25) is 5.88 Å². The summed E-state index contributed by atoms with van der Waals surface area (Å²) in [5.41, 5.74) is 7.47. The number of amidine groups is 1. The highest BCUT2D eigenvalue weighted by atomic mass is 16.5. The Morgan fingerprint density at radius 1 is 1.43 bits per heavy atom. The van der Waals surface area contributed by atoms with Crippen LogP contribution in [0.1, 0.15) is 16.8 Å². The normalized spacial score (nSPS) is 11.5. The summed E-state index contributed by atoms with van der Waals surface area (Å²) < 4.78 is 4.96. The van der Waals surface area contributed by atoms with E-state index in [1.54, 1.807) is 13.8 Å². The molecule has 76 valence electrons. The van der Waals surface area contributed by atoms with Crippen LogP contribution < -0.4 is 10.5 Å². The minimum atomic E-state index is -0.0302. The molecule has 0 spiro atoms. The van der Waals surface area contributed by atoms with Crippen molar-refractivity contribution in [3.05, 3.63) is 16.8 Å². The van der Waals surface area contributed by atoms with Gasteiger partial charge < -0.3 is 15.7 Å². The molecule has 1 aromatic heterocycles. The average molecular weight is 196 g/mol. The maximum absolute atomic E-state index is 8.58. The predicted molar refractivity (Wildman–Crippen MR) is 50.6 cm³/mol. The standard InChI is InChI=1S/C8H12N4O2/c1-4-5(2)10-11-8(14-3)6(4)7(9)12-13/h13H,1-3H3,(H2,9,12). The summed E-state index contributed by atoms with van der Waals surface area (Å²) >= 11 is 0. The Hall–Kier alpha value is -1.85. The van der Waals surface area contributed by atoms with Crippen molar-refractivity contribution in [3.8, 4) is 5.88 Å². The van der Waals surface area contributed by atoms with Gasteiger partial charge in [0.25, 0.3) is 0 Å². The quantitative estimate of drug-likeness (QED) is 0.305. The molecule has 0 aliphatic heterocycles. The monoisotopic (exact) mass is 196 g/mol. The predicted octanol–water partition coefficient (Wildman–Crippen LogP) is 0.197. The zero-order valence-electron chi connectivity index (χ0n) is 8.27. The van der Waals surface area contributed by atoms with Gasteiger partial charge in [-0.3, -0.25) is 0 Å². The number of rotatable bonds is 2. The van der Waals surface area contributed by atoms with Gasteiger partial charge >= 0.3 is 0 Å². The van der Waals surface area contributed by atoms with E-state index in [1.807, 2.05) is 0 Å². The molecule has 0 aliphatic rings. The lowest BCUT2D eigenvalue weighted by Gasteiger charge is -2.09. The fourth-order valence-corrected chi connectivity index (χ4v) is 1.08. The number of aromatic nitrogens is 2. The van der Waals surface area contributed by atoms with Crippen LogP contribution in [-0.4, -0.2) is 28.4 Å². The second kappa shape index (κ2) is 3.91. The first-order valence-corrected chi connectivity index (χ1v) is 3.97. The van der Waals surface area contributed by atoms with E-state index in [4.69, 9.17) is 15.7 Å². The summed E-state index contributed by atoms with van der Waals surface area (Å²) in [6, 6.07) is 0. The van der Waals surface area contributed by atoms with E-state index in [0.717, 1.165) is 5.56 Å². The molecule has 6 heteroatoms. The van der Waals surface area contributed by atoms with Crippen LogP contribution in [0.5, 0.6) is 5.88 Å². The Bertz CT molecular complexity index is 376. The molecule has 0 amide bonds. The van der Waals surface area contributed by atoms with Gasteiger partial charge in [-0.1, -0.05) is 5.16 Å². The number of aryl methyl sites for hydroxylation is 1. The zero-order valence-corrected chi connectivity index (χ0v) is 8.27. The first-order chi connectivity index (χ1) is 6.61. The van der Waals surface area contributed by atoms with Gasteiger partial charge in [-0.05, 0) is 19.4 Å². The summed E-state index contributed by atoms with van der Waals surface area (Å²) in [5.74, 6) is 0.223. The Kier molecular flexibility index (Phi) is 2.85. The smallest absolute Gasteiger partial charge is 0.244 e. The van der Waals surface area contributed by atoms with E-state index in [0.29, 0.717) is 11.3 Å². The molecule has 0 atom stereocenters. The van der Waals surface area contributed by atoms with E-state index in [1.165, 1.54) is 7.11 Å². The van der Waals surface area contributed by atoms with Gasteiger partial charge in [-0.25, -0.2) is 0 Å². The van der Waals surface area contributed by atoms with Crippen molar-refractivity contribution in [2.75, 3.05) is 7.11 Å². The van der Waals surface area contributed by atoms with Crippen molar-refractivity contribution < 1.29 is 9.94 Å². The highest BCUT2D eigenvalue weighted by Crippen LogP contribution is 2.19. The largest absolute Gasteiger partial charge is 0.479 e. The van der Waals surface area contributed by atoms with Crippen LogP contribution in [0, 0.1) is 13.8 Å². The molecular weight excluding hydrogens is 184 g/mol. The minimum absolute atomic E-state index is 0.0302. The lowest BCUT2D eigenvalue weighted by atomic mass is 10.1. The third-order valence-electron chi connectivity index (χ3n) is 1.98. The van der Waals surface area contributed by atoms with Crippen LogP contribution in [0.15, 0.2) is 5.16 Å². The number of nitrogens with zero attached hydrogens (tertiary/aromatic N) is 3. The SMILES string of the molecule is COc1nnc(C)c(C)c1/C(N)=N/O. The third-order valence-corrected chi connectivity index (χ3v) is 1.98. The molecule has 0 unspecified atom stereocenters. The maximum Gasteiger partial charge on any atom is 0.244 e. The Morgan fingerprint density at radius 2 is 2.07 bits per heavy atom. The Labute approximate surface area is 81.4 Å². The van der Waals surface area contributed by atoms with Crippen molar-refractivity contribution in [2.24, 2.45) is 10.9 Å². The van der Waals surface area contributed by atoms with Gasteiger partial charge in [-0.2, -0.15) is 5.10 Å². The number of hydrogen-bond acceptors (Lipinski definition) is 5. The van der Waals surface area contributed by atoms with E-state index < -0.39 is 0 Å². The Balaban J connectivity index is 3.43. The first kappa shape index (κ1) is 10.2. The van der Waals surface area contributed by atoms with E-state index >= 15 is 0 Å². The van der Waals surface area contributed by atoms with Gasteiger partial charge in [0.05, 0.1) is 18.4 Å². The number of nitrogens with two attached hydrogens (primary N) is 1. The lowest BCUT2D eigenvalue weighted by molar-refractivity contribution is 0.318. The summed E-state index contributed by atoms with van der Waals surface area (Å²) in [5, 5.41) is 19.1. The number of hydrogen-bond donors (Lipinski definition) is 2. The molecule has 0 aromatic carbocycles. The molecule has 1 heterocycles. The molecule has 14 heavy (non-hydrogen) atoms. The van der Waals surface area contributed by atoms with Crippen LogP contribution >= 0.6 is 0 Å². The molecule has 3 N–H and O–H groups in total. The minimum Gasteiger partial charge on any atom is -0.479 e. The number of oxime groups is 1. The van der Waals surface area contributed by atoms with E-state index in [-0.39, 0.29) is 11.7 Å². The van der Waals surface area contributed by atoms with Crippen molar-refractivity contribution in [1.29, 1.82) is 0 Å². The highest BCUT2D eigenvalue weighted by molar-refractivity contribution is 6.00. The second-order valence-corrected chi connectivity index (χ2v) is 2.78. The summed E-state index contributed by atoms with van der Waals surface area (Å²) in [6.45, 7) is 3.59. The maximum atomic E-state index is 8.58. The summed E-state index contributed by atoms with van der Waals surface area (Å²) in [6.07, 6.45) is 0. The highest BCUT2D eigenvalue weighted by Gasteiger charge is 2.15. The molecule has 1 rings (SSSR count). The number of methoxy groups -OCH3 is 1. The van der Waals surface area contributed by atoms with Crippen LogP contribution in [0.3, 0.4) is 0 Å².